The van der Waals surface area contributed by atoms with Crippen LogP contribution in [0.15, 0.2) is 30.3 Å². The van der Waals surface area contributed by atoms with Gasteiger partial charge in [-0.3, -0.25) is 10.1 Å². The molecule has 1 aromatic carbocycles. The van der Waals surface area contributed by atoms with Gasteiger partial charge >= 0.3 is 6.03 Å². The first kappa shape index (κ1) is 14.1. The number of hydrazine groups is 1. The van der Waals surface area contributed by atoms with E-state index in [4.69, 9.17) is 0 Å². The van der Waals surface area contributed by atoms with Crippen LogP contribution in [0.3, 0.4) is 0 Å². The lowest BCUT2D eigenvalue weighted by atomic mass is 9.74. The molecule has 3 amide bonds. The van der Waals surface area contributed by atoms with Gasteiger partial charge in [0.1, 0.15) is 5.54 Å². The van der Waals surface area contributed by atoms with Crippen molar-refractivity contribution in [3.05, 3.63) is 35.9 Å². The predicted molar refractivity (Wildman–Crippen MR) is 79.4 cm³/mol. The molecule has 1 saturated heterocycles. The van der Waals surface area contributed by atoms with Gasteiger partial charge < -0.3 is 0 Å². The summed E-state index contributed by atoms with van der Waals surface area (Å²) in [7, 11) is 3.62. The summed E-state index contributed by atoms with van der Waals surface area (Å²) in [6, 6.07) is 10.1. The average Bonchev–Trinajstić information content (AvgIpc) is 2.71. The van der Waals surface area contributed by atoms with E-state index in [0.29, 0.717) is 18.8 Å². The fraction of sp³-hybridized carbons (Fsp3) is 0.500. The van der Waals surface area contributed by atoms with E-state index in [1.807, 2.05) is 20.2 Å². The standard InChI is InChI=1S/C16H21N3O2/c1-18(2)19-15(21)17-14(20)16(19)10-8-13(9-11-16)12-6-4-3-5-7-12/h3-7,13H,8-11H2,1-2H3,(H,17,20,21). The number of carbonyl (C=O) groups excluding carboxylic acids is 2. The van der Waals surface area contributed by atoms with Crippen LogP contribution in [0.5, 0.6) is 0 Å². The predicted octanol–water partition coefficient (Wildman–Crippen LogP) is 2.11. The fourth-order valence-electron chi connectivity index (χ4n) is 3.71. The van der Waals surface area contributed by atoms with Crippen LogP contribution >= 0.6 is 0 Å². The van der Waals surface area contributed by atoms with E-state index in [2.05, 4.69) is 29.6 Å². The fourth-order valence-corrected chi connectivity index (χ4v) is 3.71. The zero-order valence-electron chi connectivity index (χ0n) is 12.5. The number of benzene rings is 1. The van der Waals surface area contributed by atoms with Crippen molar-refractivity contribution in [2.45, 2.75) is 37.1 Å². The summed E-state index contributed by atoms with van der Waals surface area (Å²) in [4.78, 5) is 24.3. The monoisotopic (exact) mass is 287 g/mol. The molecule has 1 spiro atoms. The lowest BCUT2D eigenvalue weighted by molar-refractivity contribution is -0.134. The normalized spacial score (nSPS) is 29.3. The summed E-state index contributed by atoms with van der Waals surface area (Å²) in [6.07, 6.45) is 3.27. The molecule has 112 valence electrons. The third kappa shape index (κ3) is 2.21. The Morgan fingerprint density at radius 1 is 1.14 bits per heavy atom. The zero-order valence-corrected chi connectivity index (χ0v) is 12.5. The molecule has 0 radical (unpaired) electrons. The molecule has 0 unspecified atom stereocenters. The minimum atomic E-state index is -0.689. The van der Waals surface area contributed by atoms with Gasteiger partial charge in [0.15, 0.2) is 0 Å². The molecule has 2 fully saturated rings. The molecule has 1 heterocycles. The second kappa shape index (κ2) is 5.15. The number of hydrogen-bond donors (Lipinski definition) is 1. The maximum atomic E-state index is 12.3. The second-order valence-electron chi connectivity index (χ2n) is 6.13. The number of imide groups is 1. The van der Waals surface area contributed by atoms with E-state index in [1.165, 1.54) is 5.56 Å². The Hall–Kier alpha value is -1.88. The molecule has 1 saturated carbocycles. The molecular formula is C16H21N3O2. The van der Waals surface area contributed by atoms with Crippen molar-refractivity contribution in [1.29, 1.82) is 0 Å². The van der Waals surface area contributed by atoms with Gasteiger partial charge in [0.2, 0.25) is 0 Å². The minimum Gasteiger partial charge on any atom is -0.275 e. The molecule has 0 bridgehead atoms. The van der Waals surface area contributed by atoms with E-state index in [1.54, 1.807) is 10.0 Å². The number of urea groups is 1. The van der Waals surface area contributed by atoms with Crippen molar-refractivity contribution < 1.29 is 9.59 Å². The number of carbonyl (C=O) groups is 2. The van der Waals surface area contributed by atoms with Crippen LogP contribution in [-0.2, 0) is 4.79 Å². The molecule has 1 aromatic rings. The first-order chi connectivity index (χ1) is 10.0. The first-order valence-electron chi connectivity index (χ1n) is 7.42. The van der Waals surface area contributed by atoms with Gasteiger partial charge in [0.05, 0.1) is 0 Å². The van der Waals surface area contributed by atoms with Crippen molar-refractivity contribution in [3.8, 4) is 0 Å². The van der Waals surface area contributed by atoms with Crippen LogP contribution in [-0.4, -0.2) is 41.6 Å². The molecule has 0 atom stereocenters. The molecule has 1 aliphatic heterocycles. The molecule has 1 N–H and O–H groups in total. The number of amides is 3. The Bertz CT molecular complexity index is 548. The van der Waals surface area contributed by atoms with Crippen LogP contribution < -0.4 is 5.32 Å². The lowest BCUT2D eigenvalue weighted by Gasteiger charge is -2.43. The smallest absolute Gasteiger partial charge is 0.275 e. The highest BCUT2D eigenvalue weighted by Gasteiger charge is 2.55. The highest BCUT2D eigenvalue weighted by atomic mass is 16.2. The van der Waals surface area contributed by atoms with E-state index in [0.717, 1.165) is 12.8 Å². The van der Waals surface area contributed by atoms with Gasteiger partial charge in [-0.25, -0.2) is 14.8 Å². The van der Waals surface area contributed by atoms with Gasteiger partial charge in [0, 0.05) is 14.1 Å². The van der Waals surface area contributed by atoms with Crippen LogP contribution in [0.1, 0.15) is 37.2 Å². The maximum absolute atomic E-state index is 12.3. The summed E-state index contributed by atoms with van der Waals surface area (Å²) in [5, 5.41) is 5.79. The molecule has 0 aromatic heterocycles. The van der Waals surface area contributed by atoms with E-state index in [-0.39, 0.29) is 11.9 Å². The molecule has 21 heavy (non-hydrogen) atoms. The van der Waals surface area contributed by atoms with E-state index >= 15 is 0 Å². The zero-order chi connectivity index (χ0) is 15.0. The van der Waals surface area contributed by atoms with Crippen LogP contribution in [0, 0.1) is 0 Å². The molecule has 2 aliphatic rings. The Morgan fingerprint density at radius 2 is 1.76 bits per heavy atom. The number of rotatable bonds is 2. The molecule has 5 heteroatoms. The van der Waals surface area contributed by atoms with Crippen molar-refractivity contribution in [1.82, 2.24) is 15.3 Å². The Labute approximate surface area is 124 Å². The van der Waals surface area contributed by atoms with Crippen molar-refractivity contribution >= 4 is 11.9 Å². The van der Waals surface area contributed by atoms with Gasteiger partial charge in [-0.15, -0.1) is 0 Å². The van der Waals surface area contributed by atoms with E-state index < -0.39 is 5.54 Å². The second-order valence-corrected chi connectivity index (χ2v) is 6.13. The third-order valence-corrected chi connectivity index (χ3v) is 4.72. The quantitative estimate of drug-likeness (QED) is 0.848. The SMILES string of the molecule is CN(C)N1C(=O)NC(=O)C12CCC(c1ccccc1)CC2. The summed E-state index contributed by atoms with van der Waals surface area (Å²) >= 11 is 0. The first-order valence-corrected chi connectivity index (χ1v) is 7.42. The Kier molecular flexibility index (Phi) is 3.45. The highest BCUT2D eigenvalue weighted by Crippen LogP contribution is 2.43. The average molecular weight is 287 g/mol. The summed E-state index contributed by atoms with van der Waals surface area (Å²) in [6.45, 7) is 0. The molecule has 3 rings (SSSR count). The van der Waals surface area contributed by atoms with Crippen molar-refractivity contribution in [3.63, 3.8) is 0 Å². The number of hydrogen-bond acceptors (Lipinski definition) is 3. The van der Waals surface area contributed by atoms with Crippen molar-refractivity contribution in [2.75, 3.05) is 14.1 Å². The van der Waals surface area contributed by atoms with Gasteiger partial charge in [-0.05, 0) is 37.2 Å². The number of nitrogens with zero attached hydrogens (tertiary/aromatic N) is 2. The summed E-state index contributed by atoms with van der Waals surface area (Å²) < 4.78 is 0. The van der Waals surface area contributed by atoms with Gasteiger partial charge in [-0.1, -0.05) is 30.3 Å². The Morgan fingerprint density at radius 3 is 2.33 bits per heavy atom. The van der Waals surface area contributed by atoms with Crippen LogP contribution in [0.2, 0.25) is 0 Å². The molecular weight excluding hydrogens is 266 g/mol. The number of nitrogens with one attached hydrogen (secondary N) is 1. The Balaban J connectivity index is 1.80. The van der Waals surface area contributed by atoms with Gasteiger partial charge in [-0.2, -0.15) is 0 Å². The highest BCUT2D eigenvalue weighted by molar-refractivity contribution is 6.06. The lowest BCUT2D eigenvalue weighted by Crippen LogP contribution is -2.56. The van der Waals surface area contributed by atoms with Crippen molar-refractivity contribution in [2.24, 2.45) is 0 Å². The summed E-state index contributed by atoms with van der Waals surface area (Å²) in [5.74, 6) is 0.331. The maximum Gasteiger partial charge on any atom is 0.339 e. The summed E-state index contributed by atoms with van der Waals surface area (Å²) in [5.41, 5.74) is 0.639. The van der Waals surface area contributed by atoms with Crippen LogP contribution in [0.4, 0.5) is 4.79 Å². The van der Waals surface area contributed by atoms with Crippen LogP contribution in [0.25, 0.3) is 0 Å². The molecule has 5 nitrogen and oxygen atoms in total. The van der Waals surface area contributed by atoms with E-state index in [9.17, 15) is 9.59 Å². The third-order valence-electron chi connectivity index (χ3n) is 4.72. The minimum absolute atomic E-state index is 0.146. The topological polar surface area (TPSA) is 52.6 Å². The molecule has 1 aliphatic carbocycles. The largest absolute Gasteiger partial charge is 0.339 e. The van der Waals surface area contributed by atoms with Gasteiger partial charge in [0.25, 0.3) is 5.91 Å².